The van der Waals surface area contributed by atoms with Gasteiger partial charge in [0.25, 0.3) is 5.56 Å². The van der Waals surface area contributed by atoms with Crippen molar-refractivity contribution in [1.29, 1.82) is 0 Å². The summed E-state index contributed by atoms with van der Waals surface area (Å²) in [5, 5.41) is 4.08. The molecule has 7 heteroatoms. The molecule has 0 radical (unpaired) electrons. The molecule has 3 aromatic rings. The highest BCUT2D eigenvalue weighted by molar-refractivity contribution is 6.34. The molecule has 1 aliphatic heterocycles. The lowest BCUT2D eigenvalue weighted by molar-refractivity contribution is 0.123. The largest absolute Gasteiger partial charge is 0.378 e. The Balaban J connectivity index is 1.60. The SMILES string of the molecule is O=c1cc(CNc2cccc(Cl)c2N2CCOCC2)nc2ccccn12. The second-order valence-electron chi connectivity index (χ2n) is 6.10. The number of fused-ring (bicyclic) bond motifs is 1. The molecule has 1 aromatic carbocycles. The predicted molar refractivity (Wildman–Crippen MR) is 103 cm³/mol. The fraction of sp³-hybridized carbons (Fsp3) is 0.263. The van der Waals surface area contributed by atoms with Crippen molar-refractivity contribution in [1.82, 2.24) is 9.38 Å². The molecule has 2 aromatic heterocycles. The third-order valence-electron chi connectivity index (χ3n) is 4.40. The Morgan fingerprint density at radius 1 is 1.15 bits per heavy atom. The topological polar surface area (TPSA) is 58.9 Å². The zero-order chi connectivity index (χ0) is 17.9. The minimum Gasteiger partial charge on any atom is -0.378 e. The molecule has 3 heterocycles. The van der Waals surface area contributed by atoms with Gasteiger partial charge in [-0.2, -0.15) is 0 Å². The minimum absolute atomic E-state index is 0.0908. The molecule has 1 N–H and O–H groups in total. The van der Waals surface area contributed by atoms with E-state index in [1.54, 1.807) is 12.3 Å². The number of halogens is 1. The van der Waals surface area contributed by atoms with Crippen LogP contribution < -0.4 is 15.8 Å². The summed E-state index contributed by atoms with van der Waals surface area (Å²) in [6, 6.07) is 12.9. The Kier molecular flexibility index (Phi) is 4.77. The molecular formula is C19H19ClN4O2. The molecule has 1 aliphatic rings. The van der Waals surface area contributed by atoms with E-state index in [0.717, 1.165) is 24.5 Å². The van der Waals surface area contributed by atoms with Crippen LogP contribution in [0.3, 0.4) is 0 Å². The number of hydrogen-bond acceptors (Lipinski definition) is 5. The van der Waals surface area contributed by atoms with Gasteiger partial charge in [0.15, 0.2) is 0 Å². The number of nitrogens with zero attached hydrogens (tertiary/aromatic N) is 3. The van der Waals surface area contributed by atoms with Gasteiger partial charge >= 0.3 is 0 Å². The maximum atomic E-state index is 12.2. The van der Waals surface area contributed by atoms with Crippen molar-refractivity contribution < 1.29 is 4.74 Å². The average molecular weight is 371 g/mol. The monoisotopic (exact) mass is 370 g/mol. The fourth-order valence-electron chi connectivity index (χ4n) is 3.15. The van der Waals surface area contributed by atoms with Gasteiger partial charge in [0, 0.05) is 25.4 Å². The number of anilines is 2. The number of hydrogen-bond donors (Lipinski definition) is 1. The number of benzene rings is 1. The fourth-order valence-corrected chi connectivity index (χ4v) is 3.44. The number of aromatic nitrogens is 2. The third-order valence-corrected chi connectivity index (χ3v) is 4.70. The van der Waals surface area contributed by atoms with Crippen LogP contribution >= 0.6 is 11.6 Å². The molecule has 0 amide bonds. The van der Waals surface area contributed by atoms with Gasteiger partial charge in [-0.1, -0.05) is 23.7 Å². The van der Waals surface area contributed by atoms with Crippen LogP contribution in [0, 0.1) is 0 Å². The van der Waals surface area contributed by atoms with Crippen molar-refractivity contribution in [3.05, 3.63) is 69.7 Å². The minimum atomic E-state index is -0.0908. The first-order valence-corrected chi connectivity index (χ1v) is 8.92. The van der Waals surface area contributed by atoms with Gasteiger partial charge in [-0.05, 0) is 24.3 Å². The van der Waals surface area contributed by atoms with Gasteiger partial charge in [0.05, 0.1) is 41.8 Å². The summed E-state index contributed by atoms with van der Waals surface area (Å²) < 4.78 is 6.96. The van der Waals surface area contributed by atoms with Gasteiger partial charge in [-0.3, -0.25) is 9.20 Å². The lowest BCUT2D eigenvalue weighted by atomic mass is 10.2. The molecule has 0 spiro atoms. The van der Waals surface area contributed by atoms with Crippen LogP contribution in [0.2, 0.25) is 5.02 Å². The van der Waals surface area contributed by atoms with Crippen molar-refractivity contribution in [2.75, 3.05) is 36.5 Å². The molecule has 134 valence electrons. The standard InChI is InChI=1S/C19H19ClN4O2/c20-15-4-3-5-16(19(15)23-8-10-26-11-9-23)21-13-14-12-18(25)24-7-2-1-6-17(24)22-14/h1-7,12,21H,8-11,13H2. The van der Waals surface area contributed by atoms with Gasteiger partial charge in [0.1, 0.15) is 5.65 Å². The molecule has 0 unspecified atom stereocenters. The zero-order valence-electron chi connectivity index (χ0n) is 14.2. The summed E-state index contributed by atoms with van der Waals surface area (Å²) in [5.41, 5.74) is 3.13. The van der Waals surface area contributed by atoms with Crippen molar-refractivity contribution >= 4 is 28.6 Å². The Hall–Kier alpha value is -2.57. The number of pyridine rings is 1. The Morgan fingerprint density at radius 2 is 2.00 bits per heavy atom. The number of morpholine rings is 1. The highest BCUT2D eigenvalue weighted by atomic mass is 35.5. The smallest absolute Gasteiger partial charge is 0.258 e. The Morgan fingerprint density at radius 3 is 2.85 bits per heavy atom. The Bertz CT molecular complexity index is 983. The maximum absolute atomic E-state index is 12.2. The Labute approximate surface area is 156 Å². The molecule has 0 saturated carbocycles. The van der Waals surface area contributed by atoms with E-state index >= 15 is 0 Å². The highest BCUT2D eigenvalue weighted by Gasteiger charge is 2.18. The van der Waals surface area contributed by atoms with E-state index in [1.807, 2.05) is 36.4 Å². The van der Waals surface area contributed by atoms with Gasteiger partial charge in [-0.15, -0.1) is 0 Å². The molecule has 26 heavy (non-hydrogen) atoms. The summed E-state index contributed by atoms with van der Waals surface area (Å²) in [4.78, 5) is 19.0. The summed E-state index contributed by atoms with van der Waals surface area (Å²) in [5.74, 6) is 0. The first-order valence-electron chi connectivity index (χ1n) is 8.55. The van der Waals surface area contributed by atoms with Gasteiger partial charge in [-0.25, -0.2) is 4.98 Å². The van der Waals surface area contributed by atoms with Crippen LogP contribution in [-0.4, -0.2) is 35.7 Å². The van der Waals surface area contributed by atoms with Crippen LogP contribution in [0.4, 0.5) is 11.4 Å². The summed E-state index contributed by atoms with van der Waals surface area (Å²) in [6.45, 7) is 3.42. The van der Waals surface area contributed by atoms with Gasteiger partial charge < -0.3 is 15.0 Å². The van der Waals surface area contributed by atoms with Crippen molar-refractivity contribution in [3.8, 4) is 0 Å². The molecular weight excluding hydrogens is 352 g/mol. The zero-order valence-corrected chi connectivity index (χ0v) is 14.9. The van der Waals surface area contributed by atoms with Gasteiger partial charge in [0.2, 0.25) is 0 Å². The van der Waals surface area contributed by atoms with E-state index in [1.165, 1.54) is 4.40 Å². The van der Waals surface area contributed by atoms with Crippen LogP contribution in [0.5, 0.6) is 0 Å². The quantitative estimate of drug-likeness (QED) is 0.765. The molecule has 4 rings (SSSR count). The average Bonchev–Trinajstić information content (AvgIpc) is 2.67. The summed E-state index contributed by atoms with van der Waals surface area (Å²) >= 11 is 6.46. The van der Waals surface area contributed by atoms with Crippen LogP contribution in [0.25, 0.3) is 5.65 Å². The first-order chi connectivity index (χ1) is 12.7. The summed E-state index contributed by atoms with van der Waals surface area (Å²) in [6.07, 6.45) is 1.72. The molecule has 0 bridgehead atoms. The first kappa shape index (κ1) is 16.9. The van der Waals surface area contributed by atoms with Crippen LogP contribution in [0.15, 0.2) is 53.5 Å². The van der Waals surface area contributed by atoms with E-state index in [9.17, 15) is 4.79 Å². The normalized spacial score (nSPS) is 14.6. The molecule has 0 aliphatic carbocycles. The van der Waals surface area contributed by atoms with Crippen molar-refractivity contribution in [3.63, 3.8) is 0 Å². The maximum Gasteiger partial charge on any atom is 0.258 e. The molecule has 1 fully saturated rings. The molecule has 0 atom stereocenters. The summed E-state index contributed by atoms with van der Waals surface area (Å²) in [7, 11) is 0. The molecule has 6 nitrogen and oxygen atoms in total. The second kappa shape index (κ2) is 7.35. The van der Waals surface area contributed by atoms with Crippen LogP contribution in [-0.2, 0) is 11.3 Å². The number of para-hydroxylation sites is 1. The van der Waals surface area contributed by atoms with Crippen molar-refractivity contribution in [2.45, 2.75) is 6.54 Å². The second-order valence-corrected chi connectivity index (χ2v) is 6.51. The molecule has 1 saturated heterocycles. The lowest BCUT2D eigenvalue weighted by Crippen LogP contribution is -2.36. The van der Waals surface area contributed by atoms with Crippen LogP contribution in [0.1, 0.15) is 5.69 Å². The predicted octanol–water partition coefficient (Wildman–Crippen LogP) is 2.80. The third kappa shape index (κ3) is 3.38. The van der Waals surface area contributed by atoms with E-state index < -0.39 is 0 Å². The van der Waals surface area contributed by atoms with E-state index in [-0.39, 0.29) is 5.56 Å². The highest BCUT2D eigenvalue weighted by Crippen LogP contribution is 2.34. The van der Waals surface area contributed by atoms with E-state index in [4.69, 9.17) is 16.3 Å². The number of nitrogens with one attached hydrogen (secondary N) is 1. The lowest BCUT2D eigenvalue weighted by Gasteiger charge is -2.31. The number of ether oxygens (including phenoxy) is 1. The van der Waals surface area contributed by atoms with Crippen molar-refractivity contribution in [2.24, 2.45) is 0 Å². The van der Waals surface area contributed by atoms with E-state index in [2.05, 4.69) is 15.2 Å². The van der Waals surface area contributed by atoms with E-state index in [0.29, 0.717) is 36.1 Å². The number of rotatable bonds is 4.